The molecule has 5 heterocycles. The van der Waals surface area contributed by atoms with Gasteiger partial charge in [0.15, 0.2) is 0 Å². The first-order valence-corrected chi connectivity index (χ1v) is 31.3. The quantitative estimate of drug-likeness (QED) is 0.110. The Balaban J connectivity index is 0.000000364. The summed E-state index contributed by atoms with van der Waals surface area (Å²) in [5.74, 6) is 0.708. The van der Waals surface area contributed by atoms with Crippen LogP contribution in [0.3, 0.4) is 0 Å². The monoisotopic (exact) mass is 1160 g/mol. The molecule has 2 atom stereocenters. The predicted molar refractivity (Wildman–Crippen MR) is 332 cm³/mol. The summed E-state index contributed by atoms with van der Waals surface area (Å²) >= 11 is 0. The standard InChI is InChI=1S/C41H53FN8O5.C18H26N2O.2C3H8.CH2O.H2/c42-35-11-10-30(25-36-32-8-4-5-9-33(32)39(53)45-44-36)24-34(35)40(54)49-22-20-48(21-23-49)37(52)27-46-14-12-29(13-15-46)26-47-16-18-50(19-17-47)41(55)38(43-28-51)31-6-2-1-3-7-31;1-14-5-3-6-15(11-14)16-7-4-10-20(12-16)18(21)13-19(2)17-8-9-17;2*1-3-2;1-2;/h4-5,8-11,24,28-29,31,38H,1-3,6-7,12-23,25-27H2,(H,43,51)(H,45,53);3,5-6,11,16-17H,4,7-10,12-13H2,1-2H3;2*3H2,1-2H3;1H2;1H. The lowest BCUT2D eigenvalue weighted by Gasteiger charge is -2.41. The number of rotatable bonds is 15. The number of likely N-dealkylation sites (N-methyl/N-ethyl adjacent to an activating group) is 1. The maximum Gasteiger partial charge on any atom is 0.272 e. The molecule has 462 valence electrons. The molecule has 2 aliphatic carbocycles. The van der Waals surface area contributed by atoms with Crippen molar-refractivity contribution in [3.8, 4) is 0 Å². The molecule has 84 heavy (non-hydrogen) atoms. The van der Waals surface area contributed by atoms with E-state index in [0.717, 1.165) is 90.8 Å². The Kier molecular flexibility index (Phi) is 27.5. The molecule has 10 rings (SSSR count). The first-order chi connectivity index (χ1) is 40.7. The van der Waals surface area contributed by atoms with Gasteiger partial charge in [0.05, 0.1) is 29.7 Å². The Hall–Kier alpha value is -6.37. The normalized spacial score (nSPS) is 19.3. The summed E-state index contributed by atoms with van der Waals surface area (Å²) in [5, 5.41) is 10.8. The summed E-state index contributed by atoms with van der Waals surface area (Å²) in [7, 11) is 2.08. The van der Waals surface area contributed by atoms with Crippen LogP contribution in [0.15, 0.2) is 71.5 Å². The number of carbonyl (C=O) groups is 6. The number of benzene rings is 3. The van der Waals surface area contributed by atoms with Crippen molar-refractivity contribution < 1.29 is 34.6 Å². The second-order valence-corrected chi connectivity index (χ2v) is 23.9. The van der Waals surface area contributed by atoms with E-state index in [1.165, 1.54) is 55.7 Å². The number of piperidine rings is 2. The van der Waals surface area contributed by atoms with Crippen molar-refractivity contribution in [2.24, 2.45) is 11.8 Å². The Morgan fingerprint density at radius 2 is 1.37 bits per heavy atom. The van der Waals surface area contributed by atoms with Crippen LogP contribution in [-0.2, 0) is 30.4 Å². The topological polar surface area (TPSA) is 183 Å². The van der Waals surface area contributed by atoms with Crippen molar-refractivity contribution in [3.63, 3.8) is 0 Å². The highest BCUT2D eigenvalue weighted by Gasteiger charge is 2.35. The van der Waals surface area contributed by atoms with Gasteiger partial charge in [-0.1, -0.05) is 114 Å². The highest BCUT2D eigenvalue weighted by molar-refractivity contribution is 5.95. The number of hydrogen-bond acceptors (Lipinski definition) is 11. The van der Waals surface area contributed by atoms with Gasteiger partial charge in [0.1, 0.15) is 18.6 Å². The number of fused-ring (bicyclic) bond motifs is 1. The minimum absolute atomic E-state index is 0. The van der Waals surface area contributed by atoms with Crippen molar-refractivity contribution in [2.45, 2.75) is 143 Å². The van der Waals surface area contributed by atoms with Gasteiger partial charge in [-0.05, 0) is 120 Å². The lowest BCUT2D eigenvalue weighted by Crippen LogP contribution is -2.56. The largest absolute Gasteiger partial charge is 0.347 e. The zero-order valence-corrected chi connectivity index (χ0v) is 51.3. The van der Waals surface area contributed by atoms with Crippen molar-refractivity contribution in [1.82, 2.24) is 49.8 Å². The second kappa shape index (κ2) is 34.6. The molecule has 2 unspecified atom stereocenters. The van der Waals surface area contributed by atoms with Crippen molar-refractivity contribution in [2.75, 3.05) is 105 Å². The molecule has 1 aromatic heterocycles. The molecule has 5 amide bonds. The van der Waals surface area contributed by atoms with E-state index in [-0.39, 0.29) is 30.3 Å². The van der Waals surface area contributed by atoms with Crippen LogP contribution in [0.2, 0.25) is 0 Å². The molecule has 6 aliphatic rings. The summed E-state index contributed by atoms with van der Waals surface area (Å²) < 4.78 is 15.0. The fraction of sp³-hybridized carbons (Fsp3) is 0.606. The third-order valence-electron chi connectivity index (χ3n) is 17.1. The number of hydrogen-bond donors (Lipinski definition) is 2. The number of halogens is 1. The average molecular weight is 1160 g/mol. The average Bonchev–Trinajstić information content (AvgIpc) is 4.60. The number of aromatic amines is 1. The number of nitrogens with one attached hydrogen (secondary N) is 2. The third-order valence-corrected chi connectivity index (χ3v) is 17.1. The number of carbonyl (C=O) groups excluding carboxylic acids is 6. The van der Waals surface area contributed by atoms with Crippen molar-refractivity contribution in [1.29, 1.82) is 0 Å². The van der Waals surface area contributed by atoms with Crippen LogP contribution in [0.1, 0.15) is 151 Å². The van der Waals surface area contributed by atoms with Crippen LogP contribution in [0, 0.1) is 24.6 Å². The van der Waals surface area contributed by atoms with Crippen LogP contribution >= 0.6 is 0 Å². The summed E-state index contributed by atoms with van der Waals surface area (Å²) in [6, 6.07) is 20.7. The number of likely N-dealkylation sites (tertiary alicyclic amines) is 2. The van der Waals surface area contributed by atoms with E-state index >= 15 is 0 Å². The molecule has 17 nitrogen and oxygen atoms in total. The summed E-state index contributed by atoms with van der Waals surface area (Å²) in [6.45, 7) is 22.6. The third kappa shape index (κ3) is 19.6. The molecule has 0 spiro atoms. The van der Waals surface area contributed by atoms with E-state index < -0.39 is 17.8 Å². The Morgan fingerprint density at radius 3 is 2.01 bits per heavy atom. The van der Waals surface area contributed by atoms with E-state index in [2.05, 4.69) is 101 Å². The lowest BCUT2D eigenvalue weighted by molar-refractivity contribution is -0.138. The first-order valence-electron chi connectivity index (χ1n) is 31.3. The van der Waals surface area contributed by atoms with Crippen LogP contribution in [0.25, 0.3) is 10.8 Å². The van der Waals surface area contributed by atoms with Gasteiger partial charge in [0, 0.05) is 97.2 Å². The van der Waals surface area contributed by atoms with Crippen LogP contribution in [0.5, 0.6) is 0 Å². The van der Waals surface area contributed by atoms with E-state index in [1.807, 2.05) is 23.8 Å². The Bertz CT molecular complexity index is 2770. The fourth-order valence-corrected chi connectivity index (χ4v) is 12.3. The zero-order chi connectivity index (χ0) is 60.5. The van der Waals surface area contributed by atoms with E-state index in [1.54, 1.807) is 34.1 Å². The highest BCUT2D eigenvalue weighted by Crippen LogP contribution is 2.31. The molecule has 3 aromatic carbocycles. The Labute approximate surface area is 500 Å². The van der Waals surface area contributed by atoms with Crippen molar-refractivity contribution >= 4 is 47.6 Å². The number of aryl methyl sites for hydroxylation is 1. The van der Waals surface area contributed by atoms with Gasteiger partial charge in [-0.2, -0.15) is 5.10 Å². The number of amides is 5. The van der Waals surface area contributed by atoms with Crippen molar-refractivity contribution in [3.05, 3.63) is 111 Å². The summed E-state index contributed by atoms with van der Waals surface area (Å²) in [6.07, 6.45) is 15.8. The SMILES string of the molecule is C=O.CCC.CCC.Cc1cccc(C2CCCN(C(=O)CN(C)C3CC3)C2)c1.O=CNC(C(=O)N1CCN(CC2CCN(CC(=O)N3CCN(C(=O)c4cc(Cc5n[nH]c(=O)c6ccccc56)ccc4F)CC3)CC2)CC1)C1CCCCC1.[HH]. The number of aromatic nitrogens is 2. The molecular weight excluding hydrogens is 1060 g/mol. The molecule has 18 heteroatoms. The van der Waals surface area contributed by atoms with E-state index in [0.29, 0.717) is 111 Å². The molecule has 2 saturated carbocycles. The second-order valence-electron chi connectivity index (χ2n) is 23.9. The smallest absolute Gasteiger partial charge is 0.272 e. The molecule has 4 aliphatic heterocycles. The summed E-state index contributed by atoms with van der Waals surface area (Å²) in [5.41, 5.74) is 3.74. The van der Waals surface area contributed by atoms with Gasteiger partial charge in [0.2, 0.25) is 24.1 Å². The molecule has 4 saturated heterocycles. The van der Waals surface area contributed by atoms with Crippen LogP contribution < -0.4 is 10.9 Å². The number of nitrogens with zero attached hydrogens (tertiary/aromatic N) is 8. The fourth-order valence-electron chi connectivity index (χ4n) is 12.3. The van der Waals surface area contributed by atoms with Gasteiger partial charge in [0.25, 0.3) is 11.5 Å². The number of H-pyrrole nitrogens is 1. The molecule has 0 bridgehead atoms. The van der Waals surface area contributed by atoms with Gasteiger partial charge >= 0.3 is 0 Å². The highest BCUT2D eigenvalue weighted by atomic mass is 19.1. The molecule has 0 radical (unpaired) electrons. The lowest BCUT2D eigenvalue weighted by atomic mass is 9.83. The first kappa shape index (κ1) is 66.8. The maximum absolute atomic E-state index is 15.0. The van der Waals surface area contributed by atoms with E-state index in [4.69, 9.17) is 4.79 Å². The van der Waals surface area contributed by atoms with E-state index in [9.17, 15) is 33.2 Å². The van der Waals surface area contributed by atoms with Gasteiger partial charge in [-0.25, -0.2) is 9.49 Å². The predicted octanol–water partition coefficient (Wildman–Crippen LogP) is 8.18. The number of piperazine rings is 2. The molecule has 6 fully saturated rings. The zero-order valence-electron chi connectivity index (χ0n) is 51.3. The minimum Gasteiger partial charge on any atom is -0.347 e. The Morgan fingerprint density at radius 1 is 0.726 bits per heavy atom. The van der Waals surface area contributed by atoms with Gasteiger partial charge < -0.3 is 29.7 Å². The molecule has 2 N–H and O–H groups in total. The molecular formula is C66H99FN10O7. The molecule has 4 aromatic rings. The van der Waals surface area contributed by atoms with Gasteiger partial charge in [-0.15, -0.1) is 0 Å². The summed E-state index contributed by atoms with van der Waals surface area (Å²) in [4.78, 5) is 98.4. The minimum atomic E-state index is -0.598. The van der Waals surface area contributed by atoms with Crippen LogP contribution in [0.4, 0.5) is 4.39 Å². The van der Waals surface area contributed by atoms with Gasteiger partial charge in [-0.3, -0.25) is 43.5 Å². The maximum atomic E-state index is 15.0. The van der Waals surface area contributed by atoms with Crippen LogP contribution in [-0.4, -0.2) is 199 Å².